The third-order valence-corrected chi connectivity index (χ3v) is 3.31. The molecule has 0 bridgehead atoms. The Labute approximate surface area is 126 Å². The van der Waals surface area contributed by atoms with Gasteiger partial charge in [-0.2, -0.15) is 0 Å². The van der Waals surface area contributed by atoms with Crippen molar-refractivity contribution in [1.82, 2.24) is 0 Å². The highest BCUT2D eigenvalue weighted by molar-refractivity contribution is 5.97. The predicted octanol–water partition coefficient (Wildman–Crippen LogP) is 4.33. The van der Waals surface area contributed by atoms with Crippen molar-refractivity contribution in [2.75, 3.05) is 0 Å². The van der Waals surface area contributed by atoms with Gasteiger partial charge >= 0.3 is 5.88 Å². The Hall–Kier alpha value is -3.21. The molecular weight excluding hydrogens is 282 g/mol. The van der Waals surface area contributed by atoms with Crippen molar-refractivity contribution >= 4 is 12.2 Å². The minimum Gasteiger partial charge on any atom is -0.397 e. The van der Waals surface area contributed by atoms with Crippen LogP contribution in [0.5, 0.6) is 0 Å². The van der Waals surface area contributed by atoms with E-state index >= 15 is 0 Å². The van der Waals surface area contributed by atoms with Gasteiger partial charge in [0.1, 0.15) is 10.5 Å². The van der Waals surface area contributed by atoms with Crippen LogP contribution in [0.2, 0.25) is 0 Å². The van der Waals surface area contributed by atoms with Crippen molar-refractivity contribution in [2.45, 2.75) is 0 Å². The van der Waals surface area contributed by atoms with Gasteiger partial charge in [-0.05, 0) is 11.1 Å². The van der Waals surface area contributed by atoms with E-state index in [4.69, 9.17) is 4.42 Å². The molecule has 1 heterocycles. The van der Waals surface area contributed by atoms with Gasteiger partial charge in [0.25, 0.3) is 0 Å². The minimum absolute atomic E-state index is 0.0447. The highest BCUT2D eigenvalue weighted by Gasteiger charge is 2.30. The van der Waals surface area contributed by atoms with Crippen LogP contribution in [0.15, 0.2) is 65.1 Å². The molecule has 5 nitrogen and oxygen atoms in total. The Morgan fingerprint density at radius 3 is 1.82 bits per heavy atom. The topological polar surface area (TPSA) is 73.3 Å². The second-order valence-electron chi connectivity index (χ2n) is 4.63. The predicted molar refractivity (Wildman–Crippen MR) is 81.6 cm³/mol. The Morgan fingerprint density at radius 1 is 0.864 bits per heavy atom. The van der Waals surface area contributed by atoms with Crippen LogP contribution >= 0.6 is 0 Å². The standard InChI is InChI=1S/C17H11NO4/c19-11-14-15(12-7-3-1-4-8-12)16(17(22-14)18(20)21)13-9-5-2-6-10-13/h1-11H. The molecule has 5 heteroatoms. The summed E-state index contributed by atoms with van der Waals surface area (Å²) in [5, 5.41) is 11.3. The summed E-state index contributed by atoms with van der Waals surface area (Å²) in [6.07, 6.45) is 0.502. The average Bonchev–Trinajstić information content (AvgIpc) is 2.96. The third-order valence-electron chi connectivity index (χ3n) is 3.31. The molecule has 0 amide bonds. The van der Waals surface area contributed by atoms with E-state index < -0.39 is 10.8 Å². The quantitative estimate of drug-likeness (QED) is 0.407. The third kappa shape index (κ3) is 2.29. The molecule has 3 rings (SSSR count). The molecule has 0 saturated carbocycles. The van der Waals surface area contributed by atoms with Crippen LogP contribution in [0.25, 0.3) is 22.3 Å². The first-order chi connectivity index (χ1) is 10.7. The Morgan fingerprint density at radius 2 is 1.36 bits per heavy atom. The summed E-state index contributed by atoms with van der Waals surface area (Å²) < 4.78 is 5.20. The maximum atomic E-state index is 11.3. The van der Waals surface area contributed by atoms with Gasteiger partial charge in [-0.1, -0.05) is 60.7 Å². The monoisotopic (exact) mass is 293 g/mol. The number of nitro groups is 1. The number of rotatable bonds is 4. The van der Waals surface area contributed by atoms with Crippen LogP contribution in [0.1, 0.15) is 10.6 Å². The van der Waals surface area contributed by atoms with Gasteiger partial charge in [-0.3, -0.25) is 14.9 Å². The van der Waals surface area contributed by atoms with E-state index in [1.165, 1.54) is 0 Å². The summed E-state index contributed by atoms with van der Waals surface area (Å²) in [6, 6.07) is 17.9. The number of benzene rings is 2. The fourth-order valence-corrected chi connectivity index (χ4v) is 2.41. The van der Waals surface area contributed by atoms with Crippen LogP contribution in [-0.4, -0.2) is 11.2 Å². The van der Waals surface area contributed by atoms with Gasteiger partial charge in [0.2, 0.25) is 0 Å². The van der Waals surface area contributed by atoms with Crippen molar-refractivity contribution in [3.8, 4) is 22.3 Å². The molecule has 0 aliphatic heterocycles. The summed E-state index contributed by atoms with van der Waals surface area (Å²) in [6.45, 7) is 0. The summed E-state index contributed by atoms with van der Waals surface area (Å²) in [5.74, 6) is -0.469. The van der Waals surface area contributed by atoms with E-state index in [2.05, 4.69) is 0 Å². The van der Waals surface area contributed by atoms with Crippen molar-refractivity contribution in [1.29, 1.82) is 0 Å². The lowest BCUT2D eigenvalue weighted by Gasteiger charge is -2.03. The Kier molecular flexibility index (Phi) is 3.53. The molecule has 108 valence electrons. The van der Waals surface area contributed by atoms with E-state index in [9.17, 15) is 14.9 Å². The van der Waals surface area contributed by atoms with E-state index in [1.807, 2.05) is 12.1 Å². The molecule has 0 aliphatic rings. The van der Waals surface area contributed by atoms with Crippen LogP contribution in [0.3, 0.4) is 0 Å². The van der Waals surface area contributed by atoms with E-state index in [0.717, 1.165) is 0 Å². The van der Waals surface area contributed by atoms with Gasteiger partial charge in [-0.15, -0.1) is 0 Å². The summed E-state index contributed by atoms with van der Waals surface area (Å²) in [7, 11) is 0. The number of nitrogens with zero attached hydrogens (tertiary/aromatic N) is 1. The normalized spacial score (nSPS) is 10.4. The molecule has 0 radical (unpaired) electrons. The van der Waals surface area contributed by atoms with Gasteiger partial charge in [0.05, 0.1) is 0 Å². The zero-order valence-electron chi connectivity index (χ0n) is 11.4. The molecule has 0 saturated heterocycles. The van der Waals surface area contributed by atoms with E-state index in [0.29, 0.717) is 28.5 Å². The molecule has 0 N–H and O–H groups in total. The SMILES string of the molecule is O=Cc1oc([N+](=O)[O-])c(-c2ccccc2)c1-c1ccccc1. The molecular formula is C17H11NO4. The summed E-state index contributed by atoms with van der Waals surface area (Å²) >= 11 is 0. The fraction of sp³-hybridized carbons (Fsp3) is 0. The average molecular weight is 293 g/mol. The van der Waals surface area contributed by atoms with Crippen LogP contribution in [0, 0.1) is 10.1 Å². The maximum absolute atomic E-state index is 11.3. The Balaban J connectivity index is 2.37. The zero-order chi connectivity index (χ0) is 15.5. The number of hydrogen-bond acceptors (Lipinski definition) is 4. The molecule has 0 unspecified atom stereocenters. The second-order valence-corrected chi connectivity index (χ2v) is 4.63. The number of furan rings is 1. The van der Waals surface area contributed by atoms with E-state index in [1.54, 1.807) is 48.5 Å². The van der Waals surface area contributed by atoms with Crippen LogP contribution in [0.4, 0.5) is 5.88 Å². The van der Waals surface area contributed by atoms with Gasteiger partial charge in [0, 0.05) is 5.56 Å². The molecule has 0 fully saturated rings. The molecule has 2 aromatic carbocycles. The lowest BCUT2D eigenvalue weighted by atomic mass is 9.96. The first-order valence-corrected chi connectivity index (χ1v) is 6.59. The first-order valence-electron chi connectivity index (χ1n) is 6.59. The number of hydrogen-bond donors (Lipinski definition) is 0. The van der Waals surface area contributed by atoms with Crippen molar-refractivity contribution < 1.29 is 14.1 Å². The maximum Gasteiger partial charge on any atom is 0.442 e. The number of carbonyl (C=O) groups is 1. The zero-order valence-corrected chi connectivity index (χ0v) is 11.4. The Bertz CT molecular complexity index is 823. The van der Waals surface area contributed by atoms with Crippen molar-refractivity contribution in [3.63, 3.8) is 0 Å². The van der Waals surface area contributed by atoms with Crippen LogP contribution < -0.4 is 0 Å². The highest BCUT2D eigenvalue weighted by Crippen LogP contribution is 2.43. The van der Waals surface area contributed by atoms with E-state index in [-0.39, 0.29) is 5.76 Å². The highest BCUT2D eigenvalue weighted by atomic mass is 16.6. The second kappa shape index (κ2) is 5.65. The number of carbonyl (C=O) groups excluding carboxylic acids is 1. The number of aldehydes is 1. The summed E-state index contributed by atoms with van der Waals surface area (Å²) in [4.78, 5) is 22.0. The minimum atomic E-state index is -0.609. The first kappa shape index (κ1) is 13.8. The lowest BCUT2D eigenvalue weighted by Crippen LogP contribution is -1.89. The largest absolute Gasteiger partial charge is 0.442 e. The van der Waals surface area contributed by atoms with Gasteiger partial charge in [0.15, 0.2) is 12.0 Å². The molecule has 22 heavy (non-hydrogen) atoms. The fourth-order valence-electron chi connectivity index (χ4n) is 2.41. The van der Waals surface area contributed by atoms with Gasteiger partial charge < -0.3 is 4.42 Å². The van der Waals surface area contributed by atoms with Gasteiger partial charge in [-0.25, -0.2) is 0 Å². The molecule has 0 spiro atoms. The molecule has 0 atom stereocenters. The van der Waals surface area contributed by atoms with Crippen molar-refractivity contribution in [3.05, 3.63) is 76.5 Å². The molecule has 3 aromatic rings. The molecule has 0 aliphatic carbocycles. The lowest BCUT2D eigenvalue weighted by molar-refractivity contribution is -0.401. The smallest absolute Gasteiger partial charge is 0.397 e. The summed E-state index contributed by atoms with van der Waals surface area (Å²) in [5.41, 5.74) is 2.08. The van der Waals surface area contributed by atoms with Crippen molar-refractivity contribution in [2.24, 2.45) is 0 Å². The molecule has 1 aromatic heterocycles. The van der Waals surface area contributed by atoms with Crippen LogP contribution in [-0.2, 0) is 0 Å².